The standard InChI is InChI=1S/C10H14BrClN2O/c1-3-15-6-7(2)14-10-9(11)4-8(12)5-13-10/h4-5,7H,3,6H2,1-2H3,(H,13,14). The first kappa shape index (κ1) is 12.7. The van der Waals surface area contributed by atoms with Gasteiger partial charge in [-0.25, -0.2) is 4.98 Å². The maximum atomic E-state index is 5.79. The van der Waals surface area contributed by atoms with Crippen LogP contribution in [0.1, 0.15) is 13.8 Å². The molecule has 1 heterocycles. The Hall–Kier alpha value is -0.320. The molecule has 3 nitrogen and oxygen atoms in total. The first-order valence-electron chi connectivity index (χ1n) is 4.78. The van der Waals surface area contributed by atoms with Crippen LogP contribution in [0.3, 0.4) is 0 Å². The summed E-state index contributed by atoms with van der Waals surface area (Å²) >= 11 is 9.19. The van der Waals surface area contributed by atoms with Crippen LogP contribution < -0.4 is 5.32 Å². The Balaban J connectivity index is 2.56. The molecule has 0 fully saturated rings. The molecule has 0 saturated heterocycles. The minimum absolute atomic E-state index is 0.218. The summed E-state index contributed by atoms with van der Waals surface area (Å²) in [6.07, 6.45) is 1.61. The van der Waals surface area contributed by atoms with E-state index in [4.69, 9.17) is 16.3 Å². The molecule has 84 valence electrons. The van der Waals surface area contributed by atoms with E-state index < -0.39 is 0 Å². The summed E-state index contributed by atoms with van der Waals surface area (Å²) in [7, 11) is 0. The van der Waals surface area contributed by atoms with Gasteiger partial charge < -0.3 is 10.1 Å². The Labute approximate surface area is 103 Å². The van der Waals surface area contributed by atoms with Crippen molar-refractivity contribution in [2.24, 2.45) is 0 Å². The van der Waals surface area contributed by atoms with Gasteiger partial charge in [-0.15, -0.1) is 0 Å². The van der Waals surface area contributed by atoms with Gasteiger partial charge in [-0.1, -0.05) is 11.6 Å². The average Bonchev–Trinajstić information content (AvgIpc) is 2.19. The Kier molecular flexibility index (Phi) is 5.36. The van der Waals surface area contributed by atoms with Crippen molar-refractivity contribution in [3.8, 4) is 0 Å². The molecule has 1 N–H and O–H groups in total. The van der Waals surface area contributed by atoms with Gasteiger partial charge in [-0.05, 0) is 35.8 Å². The summed E-state index contributed by atoms with van der Waals surface area (Å²) in [5.74, 6) is 0.784. The van der Waals surface area contributed by atoms with Gasteiger partial charge in [0.2, 0.25) is 0 Å². The molecule has 5 heteroatoms. The van der Waals surface area contributed by atoms with Gasteiger partial charge >= 0.3 is 0 Å². The van der Waals surface area contributed by atoms with Crippen LogP contribution in [0.25, 0.3) is 0 Å². The smallest absolute Gasteiger partial charge is 0.140 e. The molecule has 0 aliphatic heterocycles. The van der Waals surface area contributed by atoms with E-state index in [-0.39, 0.29) is 6.04 Å². The summed E-state index contributed by atoms with van der Waals surface area (Å²) in [4.78, 5) is 4.18. The molecule has 0 aromatic carbocycles. The molecule has 0 saturated carbocycles. The topological polar surface area (TPSA) is 34.1 Å². The molecule has 0 aliphatic rings. The number of ether oxygens (including phenoxy) is 1. The van der Waals surface area contributed by atoms with Crippen LogP contribution >= 0.6 is 27.5 Å². The Morgan fingerprint density at radius 3 is 3.00 bits per heavy atom. The zero-order chi connectivity index (χ0) is 11.3. The van der Waals surface area contributed by atoms with Gasteiger partial charge in [0.05, 0.1) is 16.1 Å². The second-order valence-corrected chi connectivity index (χ2v) is 4.48. The number of halogens is 2. The second-order valence-electron chi connectivity index (χ2n) is 3.19. The van der Waals surface area contributed by atoms with E-state index in [1.54, 1.807) is 6.20 Å². The molecule has 1 unspecified atom stereocenters. The lowest BCUT2D eigenvalue weighted by Crippen LogP contribution is -2.22. The Morgan fingerprint density at radius 1 is 1.67 bits per heavy atom. The van der Waals surface area contributed by atoms with E-state index in [0.717, 1.165) is 16.9 Å². The lowest BCUT2D eigenvalue weighted by molar-refractivity contribution is 0.141. The maximum absolute atomic E-state index is 5.79. The first-order valence-corrected chi connectivity index (χ1v) is 5.96. The van der Waals surface area contributed by atoms with Gasteiger partial charge in [0.15, 0.2) is 0 Å². The highest BCUT2D eigenvalue weighted by Crippen LogP contribution is 2.23. The third-order valence-corrected chi connectivity index (χ3v) is 2.57. The van der Waals surface area contributed by atoms with Crippen molar-refractivity contribution in [1.29, 1.82) is 0 Å². The fourth-order valence-corrected chi connectivity index (χ4v) is 1.84. The lowest BCUT2D eigenvalue weighted by Gasteiger charge is -2.15. The molecule has 1 aromatic rings. The van der Waals surface area contributed by atoms with Crippen molar-refractivity contribution in [3.63, 3.8) is 0 Å². The molecular weight excluding hydrogens is 279 g/mol. The van der Waals surface area contributed by atoms with E-state index in [2.05, 4.69) is 26.2 Å². The first-order chi connectivity index (χ1) is 7.13. The van der Waals surface area contributed by atoms with Crippen LogP contribution in [-0.4, -0.2) is 24.2 Å². The molecule has 1 rings (SSSR count). The van der Waals surface area contributed by atoms with Crippen molar-refractivity contribution in [2.75, 3.05) is 18.5 Å². The average molecular weight is 294 g/mol. The summed E-state index contributed by atoms with van der Waals surface area (Å²) in [5.41, 5.74) is 0. The number of hydrogen-bond acceptors (Lipinski definition) is 3. The maximum Gasteiger partial charge on any atom is 0.140 e. The third-order valence-electron chi connectivity index (χ3n) is 1.76. The van der Waals surface area contributed by atoms with Gasteiger partial charge in [0.25, 0.3) is 0 Å². The fourth-order valence-electron chi connectivity index (χ4n) is 1.09. The predicted molar refractivity (Wildman–Crippen MR) is 66.5 cm³/mol. The van der Waals surface area contributed by atoms with Gasteiger partial charge in [-0.3, -0.25) is 0 Å². The second kappa shape index (κ2) is 6.30. The summed E-state index contributed by atoms with van der Waals surface area (Å²) < 4.78 is 6.16. The van der Waals surface area contributed by atoms with Crippen LogP contribution in [0.4, 0.5) is 5.82 Å². The van der Waals surface area contributed by atoms with Crippen LogP contribution in [0.15, 0.2) is 16.7 Å². The number of aromatic nitrogens is 1. The summed E-state index contributed by atoms with van der Waals surface area (Å²) in [6, 6.07) is 2.03. The molecule has 1 aromatic heterocycles. The molecule has 0 bridgehead atoms. The normalized spacial score (nSPS) is 12.5. The molecule has 1 atom stereocenters. The number of nitrogens with one attached hydrogen (secondary N) is 1. The van der Waals surface area contributed by atoms with E-state index in [0.29, 0.717) is 11.6 Å². The van der Waals surface area contributed by atoms with Crippen LogP contribution in [0.2, 0.25) is 5.02 Å². The predicted octanol–water partition coefficient (Wildman–Crippen LogP) is 3.33. The van der Waals surface area contributed by atoms with Crippen molar-refractivity contribution >= 4 is 33.3 Å². The van der Waals surface area contributed by atoms with Crippen LogP contribution in [-0.2, 0) is 4.74 Å². The zero-order valence-electron chi connectivity index (χ0n) is 8.76. The van der Waals surface area contributed by atoms with Gasteiger partial charge in [0.1, 0.15) is 5.82 Å². The Morgan fingerprint density at radius 2 is 2.40 bits per heavy atom. The zero-order valence-corrected chi connectivity index (χ0v) is 11.1. The monoisotopic (exact) mass is 292 g/mol. The van der Waals surface area contributed by atoms with Crippen molar-refractivity contribution in [3.05, 3.63) is 21.8 Å². The van der Waals surface area contributed by atoms with Crippen molar-refractivity contribution < 1.29 is 4.74 Å². The third kappa shape index (κ3) is 4.36. The fraction of sp³-hybridized carbons (Fsp3) is 0.500. The summed E-state index contributed by atoms with van der Waals surface area (Å²) in [6.45, 7) is 5.40. The number of pyridine rings is 1. The number of nitrogens with zero attached hydrogens (tertiary/aromatic N) is 1. The summed E-state index contributed by atoms with van der Waals surface area (Å²) in [5, 5.41) is 3.85. The highest BCUT2D eigenvalue weighted by Gasteiger charge is 2.06. The largest absolute Gasteiger partial charge is 0.380 e. The number of anilines is 1. The number of rotatable bonds is 5. The lowest BCUT2D eigenvalue weighted by atomic mass is 10.3. The van der Waals surface area contributed by atoms with E-state index in [1.165, 1.54) is 0 Å². The Bertz CT molecular complexity index is 322. The molecular formula is C10H14BrClN2O. The molecule has 0 spiro atoms. The molecule has 0 aliphatic carbocycles. The van der Waals surface area contributed by atoms with Gasteiger partial charge in [-0.2, -0.15) is 0 Å². The SMILES string of the molecule is CCOCC(C)Nc1ncc(Cl)cc1Br. The molecule has 0 amide bonds. The van der Waals surface area contributed by atoms with E-state index in [9.17, 15) is 0 Å². The van der Waals surface area contributed by atoms with Crippen molar-refractivity contribution in [2.45, 2.75) is 19.9 Å². The van der Waals surface area contributed by atoms with Crippen LogP contribution in [0.5, 0.6) is 0 Å². The van der Waals surface area contributed by atoms with Gasteiger partial charge in [0, 0.05) is 18.8 Å². The quantitative estimate of drug-likeness (QED) is 0.904. The number of hydrogen-bond donors (Lipinski definition) is 1. The van der Waals surface area contributed by atoms with Crippen molar-refractivity contribution in [1.82, 2.24) is 4.98 Å². The van der Waals surface area contributed by atoms with Crippen LogP contribution in [0, 0.1) is 0 Å². The molecule has 15 heavy (non-hydrogen) atoms. The van der Waals surface area contributed by atoms with E-state index in [1.807, 2.05) is 19.9 Å². The van der Waals surface area contributed by atoms with E-state index >= 15 is 0 Å². The highest BCUT2D eigenvalue weighted by molar-refractivity contribution is 9.10. The molecule has 0 radical (unpaired) electrons. The minimum atomic E-state index is 0.218. The highest BCUT2D eigenvalue weighted by atomic mass is 79.9. The minimum Gasteiger partial charge on any atom is -0.380 e.